The molecule has 0 spiro atoms. The van der Waals surface area contributed by atoms with Crippen molar-refractivity contribution in [3.8, 4) is 5.82 Å². The van der Waals surface area contributed by atoms with Gasteiger partial charge in [0.1, 0.15) is 0 Å². The second kappa shape index (κ2) is 7.96. The minimum atomic E-state index is -0.113. The van der Waals surface area contributed by atoms with Crippen LogP contribution in [0, 0.1) is 6.92 Å². The summed E-state index contributed by atoms with van der Waals surface area (Å²) in [6.07, 6.45) is 9.25. The largest absolute Gasteiger partial charge is 0.349 e. The number of carbonyl (C=O) groups excluding carboxylic acids is 1. The fraction of sp³-hybridized carbons (Fsp3) is 0.429. The van der Waals surface area contributed by atoms with E-state index in [0.717, 1.165) is 35.6 Å². The molecule has 7 nitrogen and oxygen atoms in total. The number of nitrogens with one attached hydrogen (secondary N) is 2. The fourth-order valence-electron chi connectivity index (χ4n) is 3.94. The second-order valence-corrected chi connectivity index (χ2v) is 7.41. The molecule has 1 aliphatic rings. The third-order valence-corrected chi connectivity index (χ3v) is 5.49. The Morgan fingerprint density at radius 2 is 2.18 bits per heavy atom. The van der Waals surface area contributed by atoms with Crippen LogP contribution in [0.3, 0.4) is 0 Å². The molecule has 28 heavy (non-hydrogen) atoms. The molecule has 3 heterocycles. The number of pyridine rings is 1. The first-order valence-electron chi connectivity index (χ1n) is 9.93. The van der Waals surface area contributed by atoms with E-state index in [9.17, 15) is 4.79 Å². The standard InChI is InChI=1S/C21H26N6O/c1-14(17-13-23-27(15(17)2)20-9-5-6-12-22-20)24-21(28)11-10-19-16-7-3-4-8-18(16)25-26-19/h5-6,9,12-14H,3-4,7-8,10-11H2,1-2H3,(H,24,28)(H,25,26)/t14-/m1/s1. The van der Waals surface area contributed by atoms with Crippen LogP contribution in [0.25, 0.3) is 5.82 Å². The van der Waals surface area contributed by atoms with E-state index in [0.29, 0.717) is 12.8 Å². The molecule has 7 heteroatoms. The van der Waals surface area contributed by atoms with Crippen LogP contribution in [0.1, 0.15) is 60.4 Å². The van der Waals surface area contributed by atoms with E-state index < -0.39 is 0 Å². The molecule has 0 unspecified atom stereocenters. The lowest BCUT2D eigenvalue weighted by Gasteiger charge is -2.14. The Hall–Kier alpha value is -2.96. The quantitative estimate of drug-likeness (QED) is 0.690. The van der Waals surface area contributed by atoms with Gasteiger partial charge in [-0.2, -0.15) is 10.2 Å². The average molecular weight is 378 g/mol. The first-order chi connectivity index (χ1) is 13.6. The maximum Gasteiger partial charge on any atom is 0.220 e. The second-order valence-electron chi connectivity index (χ2n) is 7.41. The molecule has 0 saturated heterocycles. The van der Waals surface area contributed by atoms with Gasteiger partial charge in [0.15, 0.2) is 5.82 Å². The van der Waals surface area contributed by atoms with Crippen molar-refractivity contribution in [3.05, 3.63) is 58.8 Å². The van der Waals surface area contributed by atoms with E-state index >= 15 is 0 Å². The van der Waals surface area contributed by atoms with Gasteiger partial charge >= 0.3 is 0 Å². The summed E-state index contributed by atoms with van der Waals surface area (Å²) in [5.74, 6) is 0.804. The summed E-state index contributed by atoms with van der Waals surface area (Å²) in [6.45, 7) is 3.98. The smallest absolute Gasteiger partial charge is 0.220 e. The van der Waals surface area contributed by atoms with Gasteiger partial charge in [-0.1, -0.05) is 6.07 Å². The van der Waals surface area contributed by atoms with Crippen LogP contribution in [0.2, 0.25) is 0 Å². The lowest BCUT2D eigenvalue weighted by molar-refractivity contribution is -0.121. The number of hydrogen-bond donors (Lipinski definition) is 2. The third kappa shape index (κ3) is 3.69. The van der Waals surface area contributed by atoms with Crippen LogP contribution < -0.4 is 5.32 Å². The highest BCUT2D eigenvalue weighted by Gasteiger charge is 2.19. The Morgan fingerprint density at radius 3 is 3.00 bits per heavy atom. The minimum Gasteiger partial charge on any atom is -0.349 e. The van der Waals surface area contributed by atoms with Gasteiger partial charge in [-0.05, 0) is 57.2 Å². The summed E-state index contributed by atoms with van der Waals surface area (Å²) < 4.78 is 1.80. The number of carbonyl (C=O) groups is 1. The van der Waals surface area contributed by atoms with Gasteiger partial charge in [0, 0.05) is 36.0 Å². The first-order valence-corrected chi connectivity index (χ1v) is 9.93. The summed E-state index contributed by atoms with van der Waals surface area (Å²) in [6, 6.07) is 5.61. The van der Waals surface area contributed by atoms with Crippen LogP contribution in [0.5, 0.6) is 0 Å². The first kappa shape index (κ1) is 18.4. The number of aromatic nitrogens is 5. The summed E-state index contributed by atoms with van der Waals surface area (Å²) in [4.78, 5) is 16.8. The van der Waals surface area contributed by atoms with Gasteiger partial charge in [-0.15, -0.1) is 0 Å². The Kier molecular flexibility index (Phi) is 5.23. The highest BCUT2D eigenvalue weighted by atomic mass is 16.1. The van der Waals surface area contributed by atoms with E-state index in [1.807, 2.05) is 32.0 Å². The molecule has 3 aromatic heterocycles. The van der Waals surface area contributed by atoms with Crippen LogP contribution in [-0.4, -0.2) is 30.9 Å². The van der Waals surface area contributed by atoms with Crippen LogP contribution in [-0.2, 0) is 24.1 Å². The molecule has 0 fully saturated rings. The Morgan fingerprint density at radius 1 is 1.32 bits per heavy atom. The molecule has 146 valence electrons. The van der Waals surface area contributed by atoms with Crippen LogP contribution >= 0.6 is 0 Å². The predicted octanol–water partition coefficient (Wildman–Crippen LogP) is 2.99. The molecule has 4 rings (SSSR count). The summed E-state index contributed by atoms with van der Waals surface area (Å²) in [7, 11) is 0. The van der Waals surface area contributed by atoms with Gasteiger partial charge in [-0.3, -0.25) is 9.89 Å². The molecule has 1 aliphatic carbocycles. The number of H-pyrrole nitrogens is 1. The monoisotopic (exact) mass is 378 g/mol. The van der Waals surface area contributed by atoms with Gasteiger partial charge in [0.2, 0.25) is 5.91 Å². The van der Waals surface area contributed by atoms with E-state index in [1.165, 1.54) is 24.1 Å². The van der Waals surface area contributed by atoms with Gasteiger partial charge in [-0.25, -0.2) is 9.67 Å². The zero-order valence-corrected chi connectivity index (χ0v) is 16.4. The molecule has 1 atom stereocenters. The fourth-order valence-corrected chi connectivity index (χ4v) is 3.94. The minimum absolute atomic E-state index is 0.0324. The number of hydrogen-bond acceptors (Lipinski definition) is 4. The van der Waals surface area contributed by atoms with Gasteiger partial charge < -0.3 is 5.32 Å². The topological polar surface area (TPSA) is 88.5 Å². The van der Waals surface area contributed by atoms with E-state index in [4.69, 9.17) is 0 Å². The maximum atomic E-state index is 12.5. The maximum absolute atomic E-state index is 12.5. The van der Waals surface area contributed by atoms with Crippen molar-refractivity contribution in [2.75, 3.05) is 0 Å². The number of fused-ring (bicyclic) bond motifs is 1. The molecule has 0 bridgehead atoms. The normalized spacial score (nSPS) is 14.5. The Labute approximate surface area is 164 Å². The highest BCUT2D eigenvalue weighted by molar-refractivity contribution is 5.76. The van der Waals surface area contributed by atoms with E-state index in [2.05, 4.69) is 25.6 Å². The van der Waals surface area contributed by atoms with Gasteiger partial charge in [0.25, 0.3) is 0 Å². The third-order valence-electron chi connectivity index (χ3n) is 5.49. The number of amides is 1. The summed E-state index contributed by atoms with van der Waals surface area (Å²) in [5.41, 5.74) is 5.62. The molecule has 3 aromatic rings. The van der Waals surface area contributed by atoms with Crippen LogP contribution in [0.4, 0.5) is 0 Å². The molecular weight excluding hydrogens is 352 g/mol. The zero-order valence-electron chi connectivity index (χ0n) is 16.4. The summed E-state index contributed by atoms with van der Waals surface area (Å²) in [5, 5.41) is 15.1. The average Bonchev–Trinajstić information content (AvgIpc) is 3.30. The van der Waals surface area contributed by atoms with Crippen molar-refractivity contribution in [3.63, 3.8) is 0 Å². The lowest BCUT2D eigenvalue weighted by Crippen LogP contribution is -2.27. The van der Waals surface area contributed by atoms with Crippen molar-refractivity contribution in [1.82, 2.24) is 30.3 Å². The number of rotatable bonds is 6. The van der Waals surface area contributed by atoms with Crippen molar-refractivity contribution in [2.45, 2.75) is 58.4 Å². The van der Waals surface area contributed by atoms with Crippen molar-refractivity contribution >= 4 is 5.91 Å². The number of aromatic amines is 1. The molecule has 0 saturated carbocycles. The molecule has 0 radical (unpaired) electrons. The Bertz CT molecular complexity index is 959. The highest BCUT2D eigenvalue weighted by Crippen LogP contribution is 2.23. The Balaban J connectivity index is 1.37. The van der Waals surface area contributed by atoms with E-state index in [1.54, 1.807) is 17.1 Å². The van der Waals surface area contributed by atoms with Crippen molar-refractivity contribution in [2.24, 2.45) is 0 Å². The SMILES string of the molecule is Cc1c([C@@H](C)NC(=O)CCc2n[nH]c3c2CCCC3)cnn1-c1ccccn1. The van der Waals surface area contributed by atoms with Crippen molar-refractivity contribution in [1.29, 1.82) is 0 Å². The number of aryl methyl sites for hydroxylation is 2. The molecule has 1 amide bonds. The molecule has 0 aromatic carbocycles. The molecule has 0 aliphatic heterocycles. The zero-order chi connectivity index (χ0) is 19.5. The van der Waals surface area contributed by atoms with Crippen LogP contribution in [0.15, 0.2) is 30.6 Å². The summed E-state index contributed by atoms with van der Waals surface area (Å²) >= 11 is 0. The van der Waals surface area contributed by atoms with Crippen molar-refractivity contribution < 1.29 is 4.79 Å². The molecule has 2 N–H and O–H groups in total. The lowest BCUT2D eigenvalue weighted by atomic mass is 9.94. The van der Waals surface area contributed by atoms with Gasteiger partial charge in [0.05, 0.1) is 17.9 Å². The predicted molar refractivity (Wildman–Crippen MR) is 106 cm³/mol. The van der Waals surface area contributed by atoms with E-state index in [-0.39, 0.29) is 11.9 Å². The molecular formula is C21H26N6O. The number of nitrogens with zero attached hydrogens (tertiary/aromatic N) is 4.